The molecule has 0 aliphatic carbocycles. The van der Waals surface area contributed by atoms with E-state index in [-0.39, 0.29) is 4.90 Å². The van der Waals surface area contributed by atoms with Gasteiger partial charge in [-0.05, 0) is 23.8 Å². The molecule has 0 bridgehead atoms. The van der Waals surface area contributed by atoms with Crippen molar-refractivity contribution in [3.63, 3.8) is 0 Å². The first-order valence-electron chi connectivity index (χ1n) is 8.45. The number of hydrogen-bond donors (Lipinski definition) is 1. The standard InChI is InChI=1S/C21H21N3O2S/c1-24(2)20-14-6-13-19-18(20)12-7-15-21(19)27(25,26)23-22-16-8-11-17-9-4-3-5-10-17/h3-16,23H,1-2H3/b11-8+,22-16+. The molecule has 0 saturated heterocycles. The molecule has 0 saturated carbocycles. The van der Waals surface area contributed by atoms with Gasteiger partial charge in [-0.25, -0.2) is 4.83 Å². The molecule has 0 atom stereocenters. The van der Waals surface area contributed by atoms with Gasteiger partial charge in [0.25, 0.3) is 10.0 Å². The highest BCUT2D eigenvalue weighted by atomic mass is 32.2. The van der Waals surface area contributed by atoms with Crippen LogP contribution in [0.3, 0.4) is 0 Å². The number of rotatable bonds is 6. The number of anilines is 1. The molecule has 27 heavy (non-hydrogen) atoms. The minimum absolute atomic E-state index is 0.202. The number of fused-ring (bicyclic) bond motifs is 1. The van der Waals surface area contributed by atoms with Gasteiger partial charge < -0.3 is 4.90 Å². The molecule has 1 N–H and O–H groups in total. The molecule has 5 nitrogen and oxygen atoms in total. The van der Waals surface area contributed by atoms with Crippen LogP contribution in [0.5, 0.6) is 0 Å². The molecule has 0 spiro atoms. The SMILES string of the molecule is CN(C)c1cccc2c(S(=O)(=O)N/N=C/C=C/c3ccccc3)cccc12. The van der Waals surface area contributed by atoms with E-state index >= 15 is 0 Å². The minimum atomic E-state index is -3.77. The number of hydrogen-bond acceptors (Lipinski definition) is 4. The Kier molecular flexibility index (Phi) is 5.57. The Morgan fingerprint density at radius 1 is 0.889 bits per heavy atom. The highest BCUT2D eigenvalue weighted by Gasteiger charge is 2.17. The molecule has 6 heteroatoms. The summed E-state index contributed by atoms with van der Waals surface area (Å²) in [6.07, 6.45) is 4.95. The van der Waals surface area contributed by atoms with Gasteiger partial charge in [0.2, 0.25) is 0 Å². The normalized spacial score (nSPS) is 12.1. The molecule has 3 aromatic carbocycles. The average molecular weight is 379 g/mol. The first-order valence-corrected chi connectivity index (χ1v) is 9.93. The van der Waals surface area contributed by atoms with Gasteiger partial charge in [0, 0.05) is 36.8 Å². The molecule has 138 valence electrons. The van der Waals surface area contributed by atoms with Crippen molar-refractivity contribution < 1.29 is 8.42 Å². The van der Waals surface area contributed by atoms with Gasteiger partial charge in [0.05, 0.1) is 4.90 Å². The van der Waals surface area contributed by atoms with E-state index in [9.17, 15) is 8.42 Å². The van der Waals surface area contributed by atoms with Crippen molar-refractivity contribution in [3.05, 3.63) is 78.4 Å². The fraction of sp³-hybridized carbons (Fsp3) is 0.0952. The van der Waals surface area contributed by atoms with Gasteiger partial charge in [0.1, 0.15) is 0 Å². The molecule has 0 aromatic heterocycles. The molecule has 3 rings (SSSR count). The number of benzene rings is 3. The van der Waals surface area contributed by atoms with Crippen molar-refractivity contribution in [2.45, 2.75) is 4.90 Å². The fourth-order valence-electron chi connectivity index (χ4n) is 2.80. The Morgan fingerprint density at radius 3 is 2.33 bits per heavy atom. The third kappa shape index (κ3) is 4.35. The molecular formula is C21H21N3O2S. The van der Waals surface area contributed by atoms with E-state index in [1.165, 1.54) is 6.21 Å². The topological polar surface area (TPSA) is 61.8 Å². The van der Waals surface area contributed by atoms with Crippen molar-refractivity contribution in [1.82, 2.24) is 4.83 Å². The molecule has 0 amide bonds. The summed E-state index contributed by atoms with van der Waals surface area (Å²) in [4.78, 5) is 4.44. The molecule has 3 aromatic rings. The van der Waals surface area contributed by atoms with Crippen LogP contribution in [0.25, 0.3) is 16.8 Å². The summed E-state index contributed by atoms with van der Waals surface area (Å²) in [6, 6.07) is 20.5. The Bertz CT molecular complexity index is 1090. The van der Waals surface area contributed by atoms with E-state index in [4.69, 9.17) is 0 Å². The maximum Gasteiger partial charge on any atom is 0.277 e. The van der Waals surface area contributed by atoms with Crippen LogP contribution in [0.4, 0.5) is 5.69 Å². The smallest absolute Gasteiger partial charge is 0.277 e. The fourth-order valence-corrected chi connectivity index (χ4v) is 3.82. The summed E-state index contributed by atoms with van der Waals surface area (Å²) in [5, 5.41) is 5.37. The summed E-state index contributed by atoms with van der Waals surface area (Å²) >= 11 is 0. The van der Waals surface area contributed by atoms with Crippen LogP contribution >= 0.6 is 0 Å². The zero-order valence-electron chi connectivity index (χ0n) is 15.2. The van der Waals surface area contributed by atoms with Crippen LogP contribution in [0.2, 0.25) is 0 Å². The van der Waals surface area contributed by atoms with Crippen LogP contribution in [-0.4, -0.2) is 28.7 Å². The van der Waals surface area contributed by atoms with E-state index in [0.717, 1.165) is 16.6 Å². The van der Waals surface area contributed by atoms with Crippen LogP contribution in [0, 0.1) is 0 Å². The van der Waals surface area contributed by atoms with E-state index in [1.807, 2.05) is 73.6 Å². The van der Waals surface area contributed by atoms with Crippen LogP contribution in [-0.2, 0) is 10.0 Å². The van der Waals surface area contributed by atoms with E-state index in [1.54, 1.807) is 24.3 Å². The Balaban J connectivity index is 1.84. The predicted molar refractivity (Wildman–Crippen MR) is 113 cm³/mol. The van der Waals surface area contributed by atoms with Crippen molar-refractivity contribution >= 4 is 38.8 Å². The van der Waals surface area contributed by atoms with E-state index in [2.05, 4.69) is 9.93 Å². The van der Waals surface area contributed by atoms with E-state index in [0.29, 0.717) is 5.39 Å². The number of nitrogens with one attached hydrogen (secondary N) is 1. The predicted octanol–water partition coefficient (Wildman–Crippen LogP) is 3.88. The summed E-state index contributed by atoms with van der Waals surface area (Å²) in [5.74, 6) is 0. The Labute approximate surface area is 159 Å². The zero-order valence-corrected chi connectivity index (χ0v) is 16.0. The zero-order chi connectivity index (χ0) is 19.3. The van der Waals surface area contributed by atoms with Gasteiger partial charge in [-0.2, -0.15) is 13.5 Å². The van der Waals surface area contributed by atoms with E-state index < -0.39 is 10.0 Å². The summed E-state index contributed by atoms with van der Waals surface area (Å²) in [6.45, 7) is 0. The van der Waals surface area contributed by atoms with Gasteiger partial charge in [-0.1, -0.05) is 60.7 Å². The van der Waals surface area contributed by atoms with Gasteiger partial charge in [-0.15, -0.1) is 0 Å². The number of sulfonamides is 1. The number of hydrazone groups is 1. The lowest BCUT2D eigenvalue weighted by Gasteiger charge is -2.16. The molecule has 0 unspecified atom stereocenters. The van der Waals surface area contributed by atoms with Crippen LogP contribution in [0.15, 0.2) is 82.8 Å². The molecule has 0 heterocycles. The van der Waals surface area contributed by atoms with Crippen LogP contribution < -0.4 is 9.73 Å². The maximum absolute atomic E-state index is 12.7. The molecule has 0 fully saturated rings. The van der Waals surface area contributed by atoms with Crippen LogP contribution in [0.1, 0.15) is 5.56 Å². The number of allylic oxidation sites excluding steroid dienone is 1. The first-order chi connectivity index (χ1) is 13.0. The average Bonchev–Trinajstić information content (AvgIpc) is 2.67. The highest BCUT2D eigenvalue weighted by Crippen LogP contribution is 2.29. The van der Waals surface area contributed by atoms with Gasteiger partial charge in [-0.3, -0.25) is 0 Å². The lowest BCUT2D eigenvalue weighted by Crippen LogP contribution is -2.18. The Morgan fingerprint density at radius 2 is 1.59 bits per heavy atom. The van der Waals surface area contributed by atoms with Gasteiger partial charge >= 0.3 is 0 Å². The largest absolute Gasteiger partial charge is 0.377 e. The second kappa shape index (κ2) is 8.05. The molecule has 0 aliphatic heterocycles. The van der Waals surface area contributed by atoms with Crippen molar-refractivity contribution in [3.8, 4) is 0 Å². The molecule has 0 radical (unpaired) electrons. The third-order valence-electron chi connectivity index (χ3n) is 4.05. The minimum Gasteiger partial charge on any atom is -0.377 e. The quantitative estimate of drug-likeness (QED) is 0.522. The third-order valence-corrected chi connectivity index (χ3v) is 5.33. The van der Waals surface area contributed by atoms with Gasteiger partial charge in [0.15, 0.2) is 0 Å². The summed E-state index contributed by atoms with van der Waals surface area (Å²) in [7, 11) is 0.0815. The second-order valence-electron chi connectivity index (χ2n) is 6.17. The lowest BCUT2D eigenvalue weighted by molar-refractivity contribution is 0.585. The number of nitrogens with zero attached hydrogens (tertiary/aromatic N) is 2. The second-order valence-corrected chi connectivity index (χ2v) is 7.79. The Hall–Kier alpha value is -3.12. The molecular weight excluding hydrogens is 358 g/mol. The summed E-state index contributed by atoms with van der Waals surface area (Å²) < 4.78 is 25.4. The van der Waals surface area contributed by atoms with Crippen molar-refractivity contribution in [1.29, 1.82) is 0 Å². The van der Waals surface area contributed by atoms with Crippen molar-refractivity contribution in [2.24, 2.45) is 5.10 Å². The monoisotopic (exact) mass is 379 g/mol. The maximum atomic E-state index is 12.7. The lowest BCUT2D eigenvalue weighted by atomic mass is 10.1. The highest BCUT2D eigenvalue weighted by molar-refractivity contribution is 7.89. The van der Waals surface area contributed by atoms with Crippen molar-refractivity contribution in [2.75, 3.05) is 19.0 Å². The first kappa shape index (κ1) is 18.7. The molecule has 0 aliphatic rings. The summed E-state index contributed by atoms with van der Waals surface area (Å²) in [5.41, 5.74) is 1.97.